The molecule has 0 bridgehead atoms. The van der Waals surface area contributed by atoms with Gasteiger partial charge >= 0.3 is 6.09 Å². The van der Waals surface area contributed by atoms with E-state index in [0.29, 0.717) is 48.6 Å². The van der Waals surface area contributed by atoms with E-state index in [1.54, 1.807) is 19.2 Å². The van der Waals surface area contributed by atoms with Crippen molar-refractivity contribution in [1.29, 1.82) is 0 Å². The Morgan fingerprint density at radius 1 is 1.00 bits per heavy atom. The second-order valence-electron chi connectivity index (χ2n) is 10.2. The van der Waals surface area contributed by atoms with E-state index in [4.69, 9.17) is 15.2 Å². The standard InChI is InChI=1S/C27H38N4O4/c1-27(2,3)35-26(33)30-17-20-7-5-19(6-8-20)16-29-25(32)22-13-23(31-24(14-22)34-4)21-11-9-18(15-28)10-12-21/h9-14,19-20H,5-8,15-17,28H2,1-4H3,(H,29,32)(H,30,33)/t19-,20-. The molecule has 0 atom stereocenters. The molecule has 1 heterocycles. The van der Waals surface area contributed by atoms with Crippen molar-refractivity contribution in [3.8, 4) is 17.1 Å². The summed E-state index contributed by atoms with van der Waals surface area (Å²) in [6, 6.07) is 11.2. The molecule has 1 aromatic carbocycles. The molecule has 0 aliphatic heterocycles. The SMILES string of the molecule is COc1cc(C(=O)NC[C@H]2CC[C@H](CNC(=O)OC(C)(C)C)CC2)cc(-c2ccc(CN)cc2)n1. The van der Waals surface area contributed by atoms with Crippen LogP contribution in [0.4, 0.5) is 4.79 Å². The van der Waals surface area contributed by atoms with E-state index in [1.807, 2.05) is 45.0 Å². The van der Waals surface area contributed by atoms with E-state index in [2.05, 4.69) is 15.6 Å². The maximum Gasteiger partial charge on any atom is 0.407 e. The van der Waals surface area contributed by atoms with E-state index < -0.39 is 5.60 Å². The first-order valence-electron chi connectivity index (χ1n) is 12.3. The highest BCUT2D eigenvalue weighted by Crippen LogP contribution is 2.28. The van der Waals surface area contributed by atoms with E-state index in [-0.39, 0.29) is 12.0 Å². The number of benzene rings is 1. The number of hydrogen-bond donors (Lipinski definition) is 3. The number of alkyl carbamates (subject to hydrolysis) is 1. The van der Waals surface area contributed by atoms with Crippen molar-refractivity contribution >= 4 is 12.0 Å². The first kappa shape index (κ1) is 26.5. The van der Waals surface area contributed by atoms with Crippen molar-refractivity contribution in [2.45, 2.75) is 58.6 Å². The van der Waals surface area contributed by atoms with Gasteiger partial charge in [0.05, 0.1) is 12.8 Å². The van der Waals surface area contributed by atoms with Gasteiger partial charge in [-0.25, -0.2) is 9.78 Å². The normalized spacial score (nSPS) is 18.0. The van der Waals surface area contributed by atoms with Crippen LogP contribution in [0.15, 0.2) is 36.4 Å². The minimum absolute atomic E-state index is 0.140. The van der Waals surface area contributed by atoms with E-state index >= 15 is 0 Å². The average molecular weight is 483 g/mol. The van der Waals surface area contributed by atoms with Gasteiger partial charge in [-0.1, -0.05) is 24.3 Å². The quantitative estimate of drug-likeness (QED) is 0.517. The number of amides is 2. The number of pyridine rings is 1. The molecule has 1 aliphatic carbocycles. The number of nitrogens with one attached hydrogen (secondary N) is 2. The number of hydrogen-bond acceptors (Lipinski definition) is 6. The minimum Gasteiger partial charge on any atom is -0.481 e. The molecule has 1 aliphatic rings. The number of carbonyl (C=O) groups excluding carboxylic acids is 2. The molecule has 0 spiro atoms. The van der Waals surface area contributed by atoms with Crippen LogP contribution in [0.5, 0.6) is 5.88 Å². The van der Waals surface area contributed by atoms with Crippen LogP contribution < -0.4 is 21.1 Å². The Labute approximate surface area is 208 Å². The van der Waals surface area contributed by atoms with Gasteiger partial charge in [0.15, 0.2) is 0 Å². The summed E-state index contributed by atoms with van der Waals surface area (Å²) in [5.41, 5.74) is 8.32. The summed E-state index contributed by atoms with van der Waals surface area (Å²) in [4.78, 5) is 29.3. The molecular formula is C27H38N4O4. The molecule has 4 N–H and O–H groups in total. The van der Waals surface area contributed by atoms with Crippen molar-refractivity contribution in [2.75, 3.05) is 20.2 Å². The summed E-state index contributed by atoms with van der Waals surface area (Å²) in [6.45, 7) is 7.29. The van der Waals surface area contributed by atoms with Crippen molar-refractivity contribution in [3.63, 3.8) is 0 Å². The molecule has 1 fully saturated rings. The van der Waals surface area contributed by atoms with Crippen LogP contribution >= 0.6 is 0 Å². The molecule has 3 rings (SSSR count). The Kier molecular flexibility index (Phi) is 9.09. The molecule has 1 saturated carbocycles. The summed E-state index contributed by atoms with van der Waals surface area (Å²) in [6.07, 6.45) is 3.69. The zero-order chi connectivity index (χ0) is 25.4. The number of rotatable bonds is 8. The van der Waals surface area contributed by atoms with Crippen molar-refractivity contribution in [3.05, 3.63) is 47.5 Å². The van der Waals surface area contributed by atoms with Crippen LogP contribution in [0.1, 0.15) is 62.4 Å². The third kappa shape index (κ3) is 8.24. The summed E-state index contributed by atoms with van der Waals surface area (Å²) in [5, 5.41) is 5.96. The largest absolute Gasteiger partial charge is 0.481 e. The molecule has 8 nitrogen and oxygen atoms in total. The zero-order valence-corrected chi connectivity index (χ0v) is 21.2. The van der Waals surface area contributed by atoms with Gasteiger partial charge in [0.25, 0.3) is 5.91 Å². The zero-order valence-electron chi connectivity index (χ0n) is 21.2. The van der Waals surface area contributed by atoms with E-state index in [0.717, 1.165) is 36.8 Å². The van der Waals surface area contributed by atoms with Gasteiger partial charge in [0, 0.05) is 36.8 Å². The Balaban J connectivity index is 1.50. The maximum absolute atomic E-state index is 12.9. The van der Waals surface area contributed by atoms with Gasteiger partial charge in [-0.2, -0.15) is 0 Å². The van der Waals surface area contributed by atoms with E-state index in [9.17, 15) is 9.59 Å². The van der Waals surface area contributed by atoms with E-state index in [1.165, 1.54) is 0 Å². The Morgan fingerprint density at radius 2 is 1.60 bits per heavy atom. The highest BCUT2D eigenvalue weighted by molar-refractivity contribution is 5.95. The van der Waals surface area contributed by atoms with Crippen LogP contribution in [-0.2, 0) is 11.3 Å². The molecule has 0 saturated heterocycles. The number of carbonyl (C=O) groups is 2. The molecule has 8 heteroatoms. The van der Waals surface area contributed by atoms with Gasteiger partial charge in [0.2, 0.25) is 5.88 Å². The molecule has 1 aromatic heterocycles. The number of nitrogens with zero attached hydrogens (tertiary/aromatic N) is 1. The highest BCUT2D eigenvalue weighted by atomic mass is 16.6. The van der Waals surface area contributed by atoms with Gasteiger partial charge in [-0.3, -0.25) is 4.79 Å². The van der Waals surface area contributed by atoms with Gasteiger partial charge < -0.3 is 25.8 Å². The molecule has 2 amide bonds. The number of nitrogens with two attached hydrogens (primary N) is 1. The second kappa shape index (κ2) is 12.0. The summed E-state index contributed by atoms with van der Waals surface area (Å²) in [7, 11) is 1.54. The Morgan fingerprint density at radius 3 is 2.14 bits per heavy atom. The van der Waals surface area contributed by atoms with Crippen LogP contribution in [-0.4, -0.2) is 42.8 Å². The highest BCUT2D eigenvalue weighted by Gasteiger charge is 2.23. The smallest absolute Gasteiger partial charge is 0.407 e. The lowest BCUT2D eigenvalue weighted by molar-refractivity contribution is 0.0512. The Hall–Kier alpha value is -3.13. The fourth-order valence-corrected chi connectivity index (χ4v) is 4.22. The first-order valence-corrected chi connectivity index (χ1v) is 12.3. The molecule has 0 radical (unpaired) electrons. The lowest BCUT2D eigenvalue weighted by Gasteiger charge is -2.29. The predicted molar refractivity (Wildman–Crippen MR) is 136 cm³/mol. The predicted octanol–water partition coefficient (Wildman–Crippen LogP) is 4.28. The molecule has 2 aromatic rings. The fourth-order valence-electron chi connectivity index (χ4n) is 4.22. The lowest BCUT2D eigenvalue weighted by Crippen LogP contribution is -2.37. The second-order valence-corrected chi connectivity index (χ2v) is 10.2. The third-order valence-corrected chi connectivity index (χ3v) is 6.21. The van der Waals surface area contributed by atoms with Gasteiger partial charge in [0.1, 0.15) is 5.60 Å². The lowest BCUT2D eigenvalue weighted by atomic mass is 9.82. The Bertz CT molecular complexity index is 993. The average Bonchev–Trinajstić information content (AvgIpc) is 2.85. The summed E-state index contributed by atoms with van der Waals surface area (Å²) >= 11 is 0. The van der Waals surface area contributed by atoms with Gasteiger partial charge in [-0.15, -0.1) is 0 Å². The first-order chi connectivity index (χ1) is 16.7. The fraction of sp³-hybridized carbons (Fsp3) is 0.519. The molecule has 190 valence electrons. The van der Waals surface area contributed by atoms with Crippen LogP contribution in [0, 0.1) is 11.8 Å². The van der Waals surface area contributed by atoms with Crippen LogP contribution in [0.3, 0.4) is 0 Å². The van der Waals surface area contributed by atoms with Crippen molar-refractivity contribution in [2.24, 2.45) is 17.6 Å². The molecular weight excluding hydrogens is 444 g/mol. The maximum atomic E-state index is 12.9. The summed E-state index contributed by atoms with van der Waals surface area (Å²) in [5.74, 6) is 1.11. The molecule has 0 unspecified atom stereocenters. The minimum atomic E-state index is -0.491. The van der Waals surface area contributed by atoms with Crippen LogP contribution in [0.25, 0.3) is 11.3 Å². The third-order valence-electron chi connectivity index (χ3n) is 6.21. The topological polar surface area (TPSA) is 116 Å². The van der Waals surface area contributed by atoms with Crippen molar-refractivity contribution < 1.29 is 19.1 Å². The van der Waals surface area contributed by atoms with Crippen molar-refractivity contribution in [1.82, 2.24) is 15.6 Å². The summed E-state index contributed by atoms with van der Waals surface area (Å²) < 4.78 is 10.6. The number of methoxy groups -OCH3 is 1. The monoisotopic (exact) mass is 482 g/mol. The molecule has 35 heavy (non-hydrogen) atoms. The van der Waals surface area contributed by atoms with Crippen LogP contribution in [0.2, 0.25) is 0 Å². The van der Waals surface area contributed by atoms with Gasteiger partial charge in [-0.05, 0) is 69.9 Å². The number of ether oxygens (including phenoxy) is 2. The number of aromatic nitrogens is 1.